The fraction of sp³-hybridized carbons (Fsp3) is 0.136. The molecule has 0 aromatic heterocycles. The lowest BCUT2D eigenvalue weighted by atomic mass is 10.1. The number of rotatable bonds is 6. The normalized spacial score (nSPS) is 11.8. The predicted molar refractivity (Wildman–Crippen MR) is 123 cm³/mol. The van der Waals surface area contributed by atoms with Crippen molar-refractivity contribution in [3.63, 3.8) is 0 Å². The molecule has 0 bridgehead atoms. The second-order valence-electron chi connectivity index (χ2n) is 7.05. The molecule has 0 saturated heterocycles. The van der Waals surface area contributed by atoms with Gasteiger partial charge in [0.15, 0.2) is 0 Å². The summed E-state index contributed by atoms with van der Waals surface area (Å²) in [5.74, 6) is -0.709. The maximum atomic E-state index is 12.9. The highest BCUT2D eigenvalue weighted by Crippen LogP contribution is 2.34. The summed E-state index contributed by atoms with van der Waals surface area (Å²) in [5.41, 5.74) is -0.187. The van der Waals surface area contributed by atoms with E-state index in [2.05, 4.69) is 5.32 Å². The molecule has 1 amide bonds. The molecular formula is C22H17Cl2F3N2O3S. The number of alkyl halides is 3. The van der Waals surface area contributed by atoms with E-state index in [1.165, 1.54) is 24.3 Å². The van der Waals surface area contributed by atoms with Crippen molar-refractivity contribution in [2.45, 2.75) is 12.7 Å². The summed E-state index contributed by atoms with van der Waals surface area (Å²) in [6.07, 6.45) is -3.55. The van der Waals surface area contributed by atoms with Gasteiger partial charge in [0.1, 0.15) is 0 Å². The quantitative estimate of drug-likeness (QED) is 0.422. The first-order valence-electron chi connectivity index (χ1n) is 9.35. The van der Waals surface area contributed by atoms with Crippen molar-refractivity contribution in [1.82, 2.24) is 0 Å². The summed E-state index contributed by atoms with van der Waals surface area (Å²) >= 11 is 12.1. The van der Waals surface area contributed by atoms with Crippen LogP contribution in [0.3, 0.4) is 0 Å². The fourth-order valence-corrected chi connectivity index (χ4v) is 4.19. The lowest BCUT2D eigenvalue weighted by Crippen LogP contribution is -2.29. The molecule has 0 aliphatic heterocycles. The molecule has 5 nitrogen and oxygen atoms in total. The van der Waals surface area contributed by atoms with Crippen molar-refractivity contribution in [3.8, 4) is 0 Å². The minimum absolute atomic E-state index is 0.0239. The van der Waals surface area contributed by atoms with Gasteiger partial charge < -0.3 is 5.32 Å². The molecule has 11 heteroatoms. The Hall–Kier alpha value is -2.75. The van der Waals surface area contributed by atoms with Crippen LogP contribution in [0.4, 0.5) is 24.5 Å². The molecule has 0 unspecified atom stereocenters. The zero-order valence-corrected chi connectivity index (χ0v) is 19.4. The van der Waals surface area contributed by atoms with Crippen molar-refractivity contribution in [2.75, 3.05) is 15.9 Å². The number of hydrogen-bond acceptors (Lipinski definition) is 3. The molecule has 0 atom stereocenters. The average molecular weight is 517 g/mol. The number of carbonyl (C=O) groups is 1. The zero-order chi connectivity index (χ0) is 24.4. The zero-order valence-electron chi connectivity index (χ0n) is 17.0. The van der Waals surface area contributed by atoms with Crippen LogP contribution in [0, 0.1) is 0 Å². The maximum Gasteiger partial charge on any atom is 0.416 e. The number of hydrogen-bond donors (Lipinski definition) is 1. The topological polar surface area (TPSA) is 66.5 Å². The molecule has 0 heterocycles. The monoisotopic (exact) mass is 516 g/mol. The van der Waals surface area contributed by atoms with Crippen LogP contribution < -0.4 is 9.62 Å². The smallest absolute Gasteiger partial charge is 0.321 e. The van der Waals surface area contributed by atoms with Gasteiger partial charge in [-0.3, -0.25) is 9.10 Å². The van der Waals surface area contributed by atoms with E-state index in [1.54, 1.807) is 24.3 Å². The Kier molecular flexibility index (Phi) is 7.26. The molecule has 0 fully saturated rings. The van der Waals surface area contributed by atoms with Crippen molar-refractivity contribution in [3.05, 3.63) is 93.5 Å². The Labute approximate surface area is 198 Å². The molecule has 0 aliphatic rings. The Morgan fingerprint density at radius 1 is 0.970 bits per heavy atom. The fourth-order valence-electron chi connectivity index (χ4n) is 2.95. The maximum absolute atomic E-state index is 12.9. The molecule has 3 aromatic rings. The van der Waals surface area contributed by atoms with E-state index < -0.39 is 27.7 Å². The summed E-state index contributed by atoms with van der Waals surface area (Å²) in [5, 5.41) is 2.69. The average Bonchev–Trinajstić information content (AvgIpc) is 2.73. The van der Waals surface area contributed by atoms with Gasteiger partial charge in [-0.25, -0.2) is 8.42 Å². The van der Waals surface area contributed by atoms with Gasteiger partial charge in [-0.05, 0) is 54.1 Å². The number of halogens is 5. The third-order valence-electron chi connectivity index (χ3n) is 4.63. The molecule has 3 aromatic carbocycles. The highest BCUT2D eigenvalue weighted by molar-refractivity contribution is 7.92. The number of amides is 1. The second-order valence-corrected chi connectivity index (χ2v) is 9.78. The van der Waals surface area contributed by atoms with E-state index in [0.717, 1.165) is 28.8 Å². The van der Waals surface area contributed by atoms with Gasteiger partial charge in [-0.15, -0.1) is 0 Å². The van der Waals surface area contributed by atoms with Crippen molar-refractivity contribution < 1.29 is 26.4 Å². The van der Waals surface area contributed by atoms with E-state index in [1.807, 2.05) is 0 Å². The van der Waals surface area contributed by atoms with Crippen LogP contribution in [-0.4, -0.2) is 20.6 Å². The molecule has 0 radical (unpaired) electrons. The minimum Gasteiger partial charge on any atom is -0.321 e. The Balaban J connectivity index is 1.84. The first-order valence-corrected chi connectivity index (χ1v) is 12.0. The third-order valence-corrected chi connectivity index (χ3v) is 6.47. The van der Waals surface area contributed by atoms with Gasteiger partial charge in [-0.2, -0.15) is 13.2 Å². The Morgan fingerprint density at radius 3 is 2.18 bits per heavy atom. The van der Waals surface area contributed by atoms with E-state index >= 15 is 0 Å². The molecule has 0 aliphatic carbocycles. The van der Waals surface area contributed by atoms with Gasteiger partial charge in [-0.1, -0.05) is 41.4 Å². The van der Waals surface area contributed by atoms with E-state index in [4.69, 9.17) is 23.2 Å². The number of carbonyl (C=O) groups excluding carboxylic acids is 1. The molecule has 0 saturated carbocycles. The van der Waals surface area contributed by atoms with Crippen LogP contribution in [0.15, 0.2) is 66.7 Å². The van der Waals surface area contributed by atoms with Crippen molar-refractivity contribution in [2.24, 2.45) is 0 Å². The summed E-state index contributed by atoms with van der Waals surface area (Å²) in [4.78, 5) is 12.5. The molecule has 3 rings (SSSR count). The van der Waals surface area contributed by atoms with E-state index in [0.29, 0.717) is 10.6 Å². The first kappa shape index (κ1) is 24.9. The SMILES string of the molecule is CS(=O)(=O)N(Cc1ccccc1Cl)c1ccc(C(=O)Nc2cc(C(F)(F)F)ccc2Cl)cc1. The van der Waals surface area contributed by atoms with E-state index in [9.17, 15) is 26.4 Å². The number of nitrogens with one attached hydrogen (secondary N) is 1. The van der Waals surface area contributed by atoms with E-state index in [-0.39, 0.29) is 28.5 Å². The predicted octanol–water partition coefficient (Wildman–Crippen LogP) is 6.23. The van der Waals surface area contributed by atoms with Crippen LogP contribution >= 0.6 is 23.2 Å². The van der Waals surface area contributed by atoms with Gasteiger partial charge in [0.05, 0.1) is 34.8 Å². The lowest BCUT2D eigenvalue weighted by molar-refractivity contribution is -0.137. The minimum atomic E-state index is -4.59. The van der Waals surface area contributed by atoms with Crippen molar-refractivity contribution >= 4 is 50.5 Å². The summed E-state index contributed by atoms with van der Waals surface area (Å²) in [6, 6.07) is 14.9. The number of nitrogens with zero attached hydrogens (tertiary/aromatic N) is 1. The third kappa shape index (κ3) is 6.19. The summed E-state index contributed by atoms with van der Waals surface area (Å²) in [7, 11) is -3.69. The first-order chi connectivity index (χ1) is 15.4. The largest absolute Gasteiger partial charge is 0.416 e. The Bertz CT molecular complexity index is 1280. The van der Waals surface area contributed by atoms with Crippen LogP contribution in [0.5, 0.6) is 0 Å². The van der Waals surface area contributed by atoms with Crippen LogP contribution in [0.1, 0.15) is 21.5 Å². The van der Waals surface area contributed by atoms with Gasteiger partial charge in [0, 0.05) is 10.6 Å². The van der Waals surface area contributed by atoms with Gasteiger partial charge >= 0.3 is 6.18 Å². The Morgan fingerprint density at radius 2 is 1.61 bits per heavy atom. The number of sulfonamides is 1. The van der Waals surface area contributed by atoms with Crippen LogP contribution in [0.25, 0.3) is 0 Å². The summed E-state index contributed by atoms with van der Waals surface area (Å²) < 4.78 is 64.7. The molecule has 174 valence electrons. The molecular weight excluding hydrogens is 500 g/mol. The molecule has 33 heavy (non-hydrogen) atoms. The number of anilines is 2. The number of benzene rings is 3. The van der Waals surface area contributed by atoms with Gasteiger partial charge in [0.2, 0.25) is 10.0 Å². The highest BCUT2D eigenvalue weighted by Gasteiger charge is 2.31. The summed E-state index contributed by atoms with van der Waals surface area (Å²) in [6.45, 7) is -0.0239. The van der Waals surface area contributed by atoms with Gasteiger partial charge in [0.25, 0.3) is 5.91 Å². The lowest BCUT2D eigenvalue weighted by Gasteiger charge is -2.23. The standard InChI is InChI=1S/C22H17Cl2F3N2O3S/c1-33(31,32)29(13-15-4-2-3-5-18(15)23)17-9-6-14(7-10-17)21(30)28-20-12-16(22(25,26)27)8-11-19(20)24/h2-12H,13H2,1H3,(H,28,30). The van der Waals surface area contributed by atoms with Crippen LogP contribution in [0.2, 0.25) is 10.0 Å². The molecule has 0 spiro atoms. The second kappa shape index (κ2) is 9.62. The molecule has 1 N–H and O–H groups in total. The highest BCUT2D eigenvalue weighted by atomic mass is 35.5. The van der Waals surface area contributed by atoms with Crippen LogP contribution in [-0.2, 0) is 22.7 Å². The van der Waals surface area contributed by atoms with Crippen molar-refractivity contribution in [1.29, 1.82) is 0 Å².